The van der Waals surface area contributed by atoms with Crippen molar-refractivity contribution in [1.29, 1.82) is 0 Å². The Morgan fingerprint density at radius 1 is 0.421 bits per heavy atom. The Bertz CT molecular complexity index is 895. The maximum Gasteiger partial charge on any atom is 0.116 e. The van der Waals surface area contributed by atoms with Crippen LogP contribution in [0, 0.1) is 0 Å². The minimum atomic E-state index is -0.534. The zero-order chi connectivity index (χ0) is 27.0. The lowest BCUT2D eigenvalue weighted by Gasteiger charge is -2.49. The van der Waals surface area contributed by atoms with Gasteiger partial charge in [-0.15, -0.1) is 26.3 Å². The monoisotopic (exact) mass is 520 g/mol. The second-order valence-corrected chi connectivity index (χ2v) is 8.87. The van der Waals surface area contributed by atoms with E-state index in [0.29, 0.717) is 39.6 Å². The first-order valence-electron chi connectivity index (χ1n) is 12.9. The third-order valence-electron chi connectivity index (χ3n) is 6.14. The Morgan fingerprint density at radius 3 is 0.947 bits per heavy atom. The molecule has 0 N–H and O–H groups in total. The average Bonchev–Trinajstić information content (AvgIpc) is 2.96. The van der Waals surface area contributed by atoms with E-state index in [1.165, 1.54) is 0 Å². The van der Waals surface area contributed by atoms with Crippen LogP contribution in [0.25, 0.3) is 0 Å². The van der Waals surface area contributed by atoms with Gasteiger partial charge >= 0.3 is 0 Å². The third-order valence-corrected chi connectivity index (χ3v) is 6.14. The summed E-state index contributed by atoms with van der Waals surface area (Å²) >= 11 is 0. The molecule has 0 heterocycles. The number of hydrogen-bond acceptors (Lipinski definition) is 6. The van der Waals surface area contributed by atoms with Crippen LogP contribution in [0.3, 0.4) is 0 Å². The second-order valence-electron chi connectivity index (χ2n) is 8.87. The Hall–Kier alpha value is -2.84. The molecule has 0 spiro atoms. The van der Waals surface area contributed by atoms with Gasteiger partial charge in [0, 0.05) is 0 Å². The molecule has 0 aliphatic heterocycles. The lowest BCUT2D eigenvalue weighted by molar-refractivity contribution is -0.279. The molecule has 0 radical (unpaired) electrons. The van der Waals surface area contributed by atoms with E-state index in [-0.39, 0.29) is 0 Å². The van der Waals surface area contributed by atoms with Crippen molar-refractivity contribution in [3.63, 3.8) is 0 Å². The minimum absolute atomic E-state index is 0.307. The highest BCUT2D eigenvalue weighted by Crippen LogP contribution is 2.35. The predicted molar refractivity (Wildman–Crippen MR) is 150 cm³/mol. The molecule has 1 fully saturated rings. The summed E-state index contributed by atoms with van der Waals surface area (Å²) in [5.74, 6) is 0. The van der Waals surface area contributed by atoms with Crippen LogP contribution in [0.1, 0.15) is 11.1 Å². The lowest BCUT2D eigenvalue weighted by Crippen LogP contribution is -2.67. The molecule has 0 aromatic heterocycles. The first-order valence-corrected chi connectivity index (χ1v) is 12.9. The number of ether oxygens (including phenoxy) is 6. The molecule has 2 aromatic carbocycles. The fourth-order valence-corrected chi connectivity index (χ4v) is 4.51. The van der Waals surface area contributed by atoms with Gasteiger partial charge < -0.3 is 28.4 Å². The van der Waals surface area contributed by atoms with Crippen LogP contribution in [0.15, 0.2) is 111 Å². The van der Waals surface area contributed by atoms with Crippen LogP contribution >= 0.6 is 0 Å². The number of rotatable bonds is 18. The molecule has 2 unspecified atom stereocenters. The maximum atomic E-state index is 6.55. The Labute approximate surface area is 227 Å². The van der Waals surface area contributed by atoms with E-state index >= 15 is 0 Å². The van der Waals surface area contributed by atoms with Crippen LogP contribution in [0.5, 0.6) is 0 Å². The third kappa shape index (κ3) is 8.60. The highest BCUT2D eigenvalue weighted by Gasteiger charge is 2.54. The molecule has 0 bridgehead atoms. The van der Waals surface area contributed by atoms with Crippen molar-refractivity contribution in [2.24, 2.45) is 0 Å². The van der Waals surface area contributed by atoms with Crippen molar-refractivity contribution in [2.45, 2.75) is 49.8 Å². The van der Waals surface area contributed by atoms with Crippen molar-refractivity contribution < 1.29 is 28.4 Å². The molecule has 3 rings (SSSR count). The molecule has 6 heteroatoms. The highest BCUT2D eigenvalue weighted by molar-refractivity contribution is 5.15. The molecule has 2 aromatic rings. The van der Waals surface area contributed by atoms with E-state index in [4.69, 9.17) is 28.4 Å². The average molecular weight is 521 g/mol. The normalized spacial score (nSPS) is 24.9. The molecular weight excluding hydrogens is 480 g/mol. The molecular formula is C32H40O6. The number of benzene rings is 2. The summed E-state index contributed by atoms with van der Waals surface area (Å²) in [5.41, 5.74) is 2.07. The summed E-state index contributed by atoms with van der Waals surface area (Å²) in [6, 6.07) is 20.0. The minimum Gasteiger partial charge on any atom is -0.369 e. The van der Waals surface area contributed by atoms with Crippen molar-refractivity contribution in [1.82, 2.24) is 0 Å². The first kappa shape index (κ1) is 29.7. The molecule has 38 heavy (non-hydrogen) atoms. The Balaban J connectivity index is 2.00. The van der Waals surface area contributed by atoms with Gasteiger partial charge in [-0.25, -0.2) is 0 Å². The summed E-state index contributed by atoms with van der Waals surface area (Å²) in [7, 11) is 0. The molecule has 0 saturated heterocycles. The summed E-state index contributed by atoms with van der Waals surface area (Å²) < 4.78 is 38.4. The van der Waals surface area contributed by atoms with Crippen molar-refractivity contribution in [3.8, 4) is 0 Å². The van der Waals surface area contributed by atoms with Gasteiger partial charge in [0.15, 0.2) is 0 Å². The summed E-state index contributed by atoms with van der Waals surface area (Å²) in [5, 5.41) is 0. The van der Waals surface area contributed by atoms with Gasteiger partial charge in [-0.3, -0.25) is 0 Å². The van der Waals surface area contributed by atoms with E-state index in [0.717, 1.165) is 11.1 Å². The van der Waals surface area contributed by atoms with Crippen molar-refractivity contribution in [3.05, 3.63) is 122 Å². The largest absolute Gasteiger partial charge is 0.369 e. The number of hydrogen-bond donors (Lipinski definition) is 0. The van der Waals surface area contributed by atoms with Gasteiger partial charge in [-0.1, -0.05) is 85.0 Å². The zero-order valence-electron chi connectivity index (χ0n) is 22.1. The quantitative estimate of drug-likeness (QED) is 0.244. The summed E-state index contributed by atoms with van der Waals surface area (Å²) in [6.07, 6.45) is 3.63. The first-order chi connectivity index (χ1) is 18.7. The van der Waals surface area contributed by atoms with E-state index in [1.54, 1.807) is 24.3 Å². The van der Waals surface area contributed by atoms with Gasteiger partial charge in [0.1, 0.15) is 36.6 Å². The second kappa shape index (κ2) is 16.9. The molecule has 6 nitrogen and oxygen atoms in total. The van der Waals surface area contributed by atoms with E-state index in [2.05, 4.69) is 26.3 Å². The van der Waals surface area contributed by atoms with Gasteiger partial charge in [0.25, 0.3) is 0 Å². The fraction of sp³-hybridized carbons (Fsp3) is 0.375. The molecule has 0 amide bonds. The van der Waals surface area contributed by atoms with Crippen LogP contribution in [0.4, 0.5) is 0 Å². The van der Waals surface area contributed by atoms with Crippen molar-refractivity contribution >= 4 is 0 Å². The molecule has 1 saturated carbocycles. The summed E-state index contributed by atoms with van der Waals surface area (Å²) in [4.78, 5) is 0. The Kier molecular flexibility index (Phi) is 13.2. The van der Waals surface area contributed by atoms with Gasteiger partial charge in [-0.2, -0.15) is 0 Å². The van der Waals surface area contributed by atoms with Crippen LogP contribution in [-0.2, 0) is 41.6 Å². The van der Waals surface area contributed by atoms with Crippen LogP contribution < -0.4 is 0 Å². The Morgan fingerprint density at radius 2 is 0.684 bits per heavy atom. The topological polar surface area (TPSA) is 55.4 Å². The van der Waals surface area contributed by atoms with Crippen LogP contribution in [-0.4, -0.2) is 63.1 Å². The molecule has 204 valence electrons. The van der Waals surface area contributed by atoms with E-state index in [1.807, 2.05) is 60.7 Å². The van der Waals surface area contributed by atoms with Gasteiger partial charge in [-0.05, 0) is 11.1 Å². The highest BCUT2D eigenvalue weighted by atomic mass is 16.6. The molecule has 1 aliphatic carbocycles. The standard InChI is InChI=1S/C32H40O6/c1-5-19-33-27-28(34-20-6-2)31(37-23-25-15-11-9-12-16-25)30(36-22-8-4)32(29(27)35-21-7-3)38-24-26-17-13-10-14-18-26/h5-18,27-32H,1-4,19-24H2/t27?,28-,29+,30?,31-,32-/m1/s1. The SMILES string of the molecule is C=CCOC1[C@@H](OCC=C)[C@@H](OCc2ccccc2)C(OCC=C)[C@H](OCc2ccccc2)[C@H]1OCC=C. The van der Waals surface area contributed by atoms with Gasteiger partial charge in [0.05, 0.1) is 39.6 Å². The lowest BCUT2D eigenvalue weighted by atomic mass is 9.83. The van der Waals surface area contributed by atoms with E-state index in [9.17, 15) is 0 Å². The van der Waals surface area contributed by atoms with Crippen LogP contribution in [0.2, 0.25) is 0 Å². The van der Waals surface area contributed by atoms with Crippen molar-refractivity contribution in [2.75, 3.05) is 26.4 Å². The summed E-state index contributed by atoms with van der Waals surface area (Å²) in [6.45, 7) is 17.3. The predicted octanol–water partition coefficient (Wildman–Crippen LogP) is 5.46. The smallest absolute Gasteiger partial charge is 0.116 e. The maximum absolute atomic E-state index is 6.55. The fourth-order valence-electron chi connectivity index (χ4n) is 4.51. The molecule has 1 aliphatic rings. The molecule has 6 atom stereocenters. The zero-order valence-corrected chi connectivity index (χ0v) is 22.1. The van der Waals surface area contributed by atoms with E-state index < -0.39 is 36.6 Å². The van der Waals surface area contributed by atoms with Gasteiger partial charge in [0.2, 0.25) is 0 Å².